The average molecular weight is 192 g/mol. The van der Waals surface area contributed by atoms with Crippen LogP contribution in [0.2, 0.25) is 0 Å². The van der Waals surface area contributed by atoms with Gasteiger partial charge in [0.2, 0.25) is 0 Å². The molecular weight excluding hydrogens is 176 g/mol. The minimum Gasteiger partial charge on any atom is -0.286 e. The molecule has 0 aromatic heterocycles. The van der Waals surface area contributed by atoms with Gasteiger partial charge < -0.3 is 0 Å². The highest BCUT2D eigenvalue weighted by Crippen LogP contribution is 2.23. The van der Waals surface area contributed by atoms with Crippen LogP contribution in [0.4, 0.5) is 0 Å². The van der Waals surface area contributed by atoms with Crippen LogP contribution in [0, 0.1) is 5.41 Å². The lowest BCUT2D eigenvalue weighted by atomic mass is 9.89. The smallest absolute Gasteiger partial charge is 0.264 e. The fraction of sp³-hybridized carbons (Fsp3) is 0.750. The Hall–Kier alpha value is -0.350. The van der Waals surface area contributed by atoms with Crippen molar-refractivity contribution in [2.75, 3.05) is 5.75 Å². The highest BCUT2D eigenvalue weighted by Gasteiger charge is 2.14. The highest BCUT2D eigenvalue weighted by atomic mass is 32.2. The van der Waals surface area contributed by atoms with Crippen LogP contribution >= 0.6 is 0 Å². The molecule has 0 amide bonds. The SMILES string of the molecule is C=CC(C)(C)CCCS(=O)(=O)O. The summed E-state index contributed by atoms with van der Waals surface area (Å²) >= 11 is 0. The van der Waals surface area contributed by atoms with Crippen molar-refractivity contribution in [1.29, 1.82) is 0 Å². The summed E-state index contributed by atoms with van der Waals surface area (Å²) in [4.78, 5) is 0. The van der Waals surface area contributed by atoms with Gasteiger partial charge in [0.1, 0.15) is 0 Å². The third-order valence-corrected chi connectivity index (χ3v) is 2.58. The Morgan fingerprint density at radius 2 is 2.00 bits per heavy atom. The van der Waals surface area contributed by atoms with Crippen molar-refractivity contribution < 1.29 is 13.0 Å². The largest absolute Gasteiger partial charge is 0.286 e. The van der Waals surface area contributed by atoms with Crippen LogP contribution in [0.25, 0.3) is 0 Å². The number of hydrogen-bond acceptors (Lipinski definition) is 2. The van der Waals surface area contributed by atoms with E-state index in [-0.39, 0.29) is 11.2 Å². The van der Waals surface area contributed by atoms with Crippen LogP contribution in [0.5, 0.6) is 0 Å². The molecule has 0 aliphatic heterocycles. The maximum absolute atomic E-state index is 10.3. The van der Waals surface area contributed by atoms with Gasteiger partial charge in [-0.3, -0.25) is 4.55 Å². The van der Waals surface area contributed by atoms with Crippen LogP contribution in [0.1, 0.15) is 26.7 Å². The predicted octanol–water partition coefficient (Wildman–Crippen LogP) is 1.87. The first kappa shape index (κ1) is 11.6. The van der Waals surface area contributed by atoms with Gasteiger partial charge in [0.25, 0.3) is 10.1 Å². The Morgan fingerprint density at radius 3 is 2.33 bits per heavy atom. The molecule has 12 heavy (non-hydrogen) atoms. The summed E-state index contributed by atoms with van der Waals surface area (Å²) in [7, 11) is -3.79. The fourth-order valence-corrected chi connectivity index (χ4v) is 1.32. The van der Waals surface area contributed by atoms with Gasteiger partial charge in [0, 0.05) is 0 Å². The lowest BCUT2D eigenvalue weighted by molar-refractivity contribution is 0.424. The molecule has 0 aromatic carbocycles. The predicted molar refractivity (Wildman–Crippen MR) is 49.6 cm³/mol. The Bertz CT molecular complexity index is 239. The molecule has 0 aliphatic carbocycles. The van der Waals surface area contributed by atoms with E-state index in [1.807, 2.05) is 13.8 Å². The summed E-state index contributed by atoms with van der Waals surface area (Å²) in [5.41, 5.74) is -0.0509. The first-order valence-electron chi connectivity index (χ1n) is 3.86. The maximum Gasteiger partial charge on any atom is 0.264 e. The second-order valence-electron chi connectivity index (χ2n) is 3.58. The molecule has 0 radical (unpaired) electrons. The highest BCUT2D eigenvalue weighted by molar-refractivity contribution is 7.85. The van der Waals surface area contributed by atoms with Gasteiger partial charge in [-0.15, -0.1) is 6.58 Å². The molecule has 0 aliphatic rings. The van der Waals surface area contributed by atoms with Crippen LogP contribution in [-0.2, 0) is 10.1 Å². The van der Waals surface area contributed by atoms with E-state index in [0.717, 1.165) is 6.42 Å². The van der Waals surface area contributed by atoms with Crippen molar-refractivity contribution in [2.45, 2.75) is 26.7 Å². The Kier molecular flexibility index (Phi) is 3.93. The molecule has 0 saturated carbocycles. The summed E-state index contributed by atoms with van der Waals surface area (Å²) in [6.07, 6.45) is 2.98. The third-order valence-electron chi connectivity index (χ3n) is 1.78. The number of hydrogen-bond donors (Lipinski definition) is 1. The Balaban J connectivity index is 3.79. The molecular formula is C8H16O3S. The lowest BCUT2D eigenvalue weighted by Crippen LogP contribution is -2.11. The van der Waals surface area contributed by atoms with Gasteiger partial charge in [-0.2, -0.15) is 8.42 Å². The maximum atomic E-state index is 10.3. The van der Waals surface area contributed by atoms with E-state index in [1.54, 1.807) is 6.08 Å². The van der Waals surface area contributed by atoms with Crippen molar-refractivity contribution in [2.24, 2.45) is 5.41 Å². The van der Waals surface area contributed by atoms with E-state index in [9.17, 15) is 8.42 Å². The second kappa shape index (κ2) is 4.05. The first-order valence-corrected chi connectivity index (χ1v) is 5.46. The second-order valence-corrected chi connectivity index (χ2v) is 5.15. The minimum atomic E-state index is -3.79. The zero-order valence-corrected chi connectivity index (χ0v) is 8.39. The topological polar surface area (TPSA) is 54.4 Å². The Labute approximate surface area is 74.2 Å². The van der Waals surface area contributed by atoms with Crippen molar-refractivity contribution in [3.05, 3.63) is 12.7 Å². The monoisotopic (exact) mass is 192 g/mol. The molecule has 0 aromatic rings. The average Bonchev–Trinajstić information content (AvgIpc) is 1.84. The van der Waals surface area contributed by atoms with Crippen LogP contribution < -0.4 is 0 Å². The van der Waals surface area contributed by atoms with Gasteiger partial charge in [-0.05, 0) is 18.3 Å². The zero-order chi connectivity index (χ0) is 9.83. The summed E-state index contributed by atoms with van der Waals surface area (Å²) < 4.78 is 29.1. The molecule has 0 fully saturated rings. The summed E-state index contributed by atoms with van der Waals surface area (Å²) in [5, 5.41) is 0. The van der Waals surface area contributed by atoms with Crippen molar-refractivity contribution in [3.63, 3.8) is 0 Å². The van der Waals surface area contributed by atoms with Crippen molar-refractivity contribution in [1.82, 2.24) is 0 Å². The molecule has 0 saturated heterocycles. The van der Waals surface area contributed by atoms with Crippen LogP contribution in [0.15, 0.2) is 12.7 Å². The van der Waals surface area contributed by atoms with Crippen LogP contribution in [0.3, 0.4) is 0 Å². The van der Waals surface area contributed by atoms with E-state index in [1.165, 1.54) is 0 Å². The van der Waals surface area contributed by atoms with Gasteiger partial charge >= 0.3 is 0 Å². The third kappa shape index (κ3) is 6.37. The van der Waals surface area contributed by atoms with Crippen LogP contribution in [-0.4, -0.2) is 18.7 Å². The van der Waals surface area contributed by atoms with E-state index in [2.05, 4.69) is 6.58 Å². The molecule has 0 spiro atoms. The normalized spacial score (nSPS) is 12.9. The number of allylic oxidation sites excluding steroid dienone is 1. The van der Waals surface area contributed by atoms with Crippen molar-refractivity contribution in [3.8, 4) is 0 Å². The van der Waals surface area contributed by atoms with Gasteiger partial charge in [-0.25, -0.2) is 0 Å². The van der Waals surface area contributed by atoms with Gasteiger partial charge in [0.05, 0.1) is 5.75 Å². The summed E-state index contributed by atoms with van der Waals surface area (Å²) in [6.45, 7) is 7.59. The zero-order valence-electron chi connectivity index (χ0n) is 7.58. The van der Waals surface area contributed by atoms with E-state index in [4.69, 9.17) is 4.55 Å². The standard InChI is InChI=1S/C8H16O3S/c1-4-8(2,3)6-5-7-12(9,10)11/h4H,1,5-7H2,2-3H3,(H,9,10,11). The lowest BCUT2D eigenvalue weighted by Gasteiger charge is -2.18. The molecule has 1 N–H and O–H groups in total. The van der Waals surface area contributed by atoms with Gasteiger partial charge in [-0.1, -0.05) is 19.9 Å². The fourth-order valence-electron chi connectivity index (χ4n) is 0.812. The first-order chi connectivity index (χ1) is 5.27. The molecule has 0 atom stereocenters. The molecule has 0 unspecified atom stereocenters. The van der Waals surface area contributed by atoms with Gasteiger partial charge in [0.15, 0.2) is 0 Å². The van der Waals surface area contributed by atoms with E-state index < -0.39 is 10.1 Å². The molecule has 0 heterocycles. The van der Waals surface area contributed by atoms with E-state index in [0.29, 0.717) is 6.42 Å². The molecule has 0 rings (SSSR count). The van der Waals surface area contributed by atoms with Crippen molar-refractivity contribution >= 4 is 10.1 Å². The Morgan fingerprint density at radius 1 is 1.50 bits per heavy atom. The molecule has 3 nitrogen and oxygen atoms in total. The minimum absolute atomic E-state index is 0.0509. The number of rotatable bonds is 5. The molecule has 72 valence electrons. The molecule has 0 bridgehead atoms. The molecule has 4 heteroatoms. The van der Waals surface area contributed by atoms with E-state index >= 15 is 0 Å². The summed E-state index contributed by atoms with van der Waals surface area (Å²) in [5.74, 6) is -0.162. The quantitative estimate of drug-likeness (QED) is 0.534. The summed E-state index contributed by atoms with van der Waals surface area (Å²) in [6, 6.07) is 0.